The average Bonchev–Trinajstić information content (AvgIpc) is 3.50. The van der Waals surface area contributed by atoms with Crippen LogP contribution in [0.15, 0.2) is 79.1 Å². The van der Waals surface area contributed by atoms with E-state index in [-0.39, 0.29) is 39.0 Å². The monoisotopic (exact) mass is 663 g/mol. The normalized spacial score (nSPS) is 14.9. The summed E-state index contributed by atoms with van der Waals surface area (Å²) in [6.07, 6.45) is 11.3. The van der Waals surface area contributed by atoms with E-state index in [1.54, 1.807) is 30.5 Å². The first-order valence-electron chi connectivity index (χ1n) is 18.0. The molecule has 0 spiro atoms. The molecule has 0 amide bonds. The lowest BCUT2D eigenvalue weighted by molar-refractivity contribution is 0.0320. The van der Waals surface area contributed by atoms with Crippen LogP contribution in [0.3, 0.4) is 0 Å². The third kappa shape index (κ3) is 10.3. The van der Waals surface area contributed by atoms with Gasteiger partial charge < -0.3 is 19.1 Å². The van der Waals surface area contributed by atoms with Crippen LogP contribution in [0.1, 0.15) is 47.0 Å². The molecule has 1 aliphatic rings. The summed E-state index contributed by atoms with van der Waals surface area (Å²) in [6.45, 7) is 1.29. The Kier molecular flexibility index (Phi) is 12.1. The highest BCUT2D eigenvalue weighted by Gasteiger charge is 2.20. The molecule has 0 bridgehead atoms. The summed E-state index contributed by atoms with van der Waals surface area (Å²) < 4.78 is 65.0. The molecule has 0 aliphatic carbocycles. The van der Waals surface area contributed by atoms with Crippen LogP contribution in [-0.4, -0.2) is 78.8 Å². The first kappa shape index (κ1) is 30.9. The van der Waals surface area contributed by atoms with Crippen LogP contribution in [0.2, 0.25) is 0 Å². The molecule has 10 heteroatoms. The number of hydrogen-bond acceptors (Lipinski definition) is 7. The van der Waals surface area contributed by atoms with Gasteiger partial charge in [0.05, 0.1) is 48.2 Å². The fourth-order valence-electron chi connectivity index (χ4n) is 5.36. The minimum Gasteiger partial charge on any atom is -0.475 e. The van der Waals surface area contributed by atoms with Gasteiger partial charge in [0.25, 0.3) is 0 Å². The zero-order valence-electron chi connectivity index (χ0n) is 30.4. The number of anilines is 1. The largest absolute Gasteiger partial charge is 0.475 e. The SMILES string of the molecule is [3H]C([3H])(COCCOCCF)Oc1ccc(/C=C/c2ccc(CC)cc2)cn1.[3H]c1ccc2nc3nc(N4CCC(CCF)CC4)ccn3c2c1. The molecule has 0 saturated carbocycles. The molecule has 4 heterocycles. The van der Waals surface area contributed by atoms with E-state index in [0.717, 1.165) is 60.3 Å². The molecular weight excluding hydrogens is 612 g/mol. The Bertz CT molecular complexity index is 1830. The second-order valence-electron chi connectivity index (χ2n) is 11.3. The summed E-state index contributed by atoms with van der Waals surface area (Å²) >= 11 is 0. The molecule has 0 N–H and O–H groups in total. The predicted molar refractivity (Wildman–Crippen MR) is 188 cm³/mol. The molecule has 5 aromatic rings. The smallest absolute Gasteiger partial charge is 0.236 e. The van der Waals surface area contributed by atoms with Gasteiger partial charge in [0.2, 0.25) is 11.7 Å². The van der Waals surface area contributed by atoms with Crippen molar-refractivity contribution in [3.05, 3.63) is 95.8 Å². The van der Waals surface area contributed by atoms with E-state index in [1.807, 2.05) is 34.9 Å². The standard InChI is InChI=1S/C21H26FNO3.C17H19FN4/c1-2-18-3-5-19(6-4-18)7-8-20-9-10-21(23-17-20)26-16-15-25-14-13-24-12-11-22;18-9-5-13-6-10-21(11-7-13)16-8-12-22-15-4-2-1-3-14(15)19-17(22)20-16/h3-10,17H,2,11-16H2,1H3;1-4,8,12-13H,5-7,9-11H2/b8-7+;/i16T2;2T. The second-order valence-corrected chi connectivity index (χ2v) is 11.3. The van der Waals surface area contributed by atoms with Gasteiger partial charge in [-0.2, -0.15) is 4.98 Å². The summed E-state index contributed by atoms with van der Waals surface area (Å²) in [6, 6.07) is 19.6. The quantitative estimate of drug-likeness (QED) is 0.107. The van der Waals surface area contributed by atoms with Crippen LogP contribution in [0.25, 0.3) is 29.0 Å². The number of aryl methyl sites for hydroxylation is 1. The van der Waals surface area contributed by atoms with Gasteiger partial charge in [-0.15, -0.1) is 0 Å². The molecular formula is C38H45F2N5O3. The number of fused-ring (bicyclic) bond motifs is 3. The number of para-hydroxylation sites is 2. The van der Waals surface area contributed by atoms with Crippen molar-refractivity contribution in [1.82, 2.24) is 19.4 Å². The Balaban J connectivity index is 0.000000201. The van der Waals surface area contributed by atoms with Crippen LogP contribution >= 0.6 is 0 Å². The van der Waals surface area contributed by atoms with Crippen LogP contribution in [0.4, 0.5) is 14.6 Å². The lowest BCUT2D eigenvalue weighted by Gasteiger charge is -2.32. The fraction of sp³-hybridized carbons (Fsp3) is 0.395. The van der Waals surface area contributed by atoms with Crippen molar-refractivity contribution in [2.45, 2.75) is 32.6 Å². The van der Waals surface area contributed by atoms with Crippen molar-refractivity contribution in [2.75, 3.05) is 64.3 Å². The number of ether oxygens (including phenoxy) is 3. The Labute approximate surface area is 285 Å². The maximum atomic E-state index is 12.5. The Morgan fingerprint density at radius 2 is 1.67 bits per heavy atom. The van der Waals surface area contributed by atoms with Crippen LogP contribution < -0.4 is 9.64 Å². The summed E-state index contributed by atoms with van der Waals surface area (Å²) in [5.41, 5.74) is 5.04. The van der Waals surface area contributed by atoms with Gasteiger partial charge >= 0.3 is 0 Å². The van der Waals surface area contributed by atoms with Crippen LogP contribution in [-0.2, 0) is 15.9 Å². The minimum atomic E-state index is -2.02. The highest BCUT2D eigenvalue weighted by Crippen LogP contribution is 2.25. The zero-order chi connectivity index (χ0) is 36.1. The summed E-state index contributed by atoms with van der Waals surface area (Å²) in [7, 11) is 0. The van der Waals surface area contributed by atoms with Crippen LogP contribution in [0, 0.1) is 5.92 Å². The fourth-order valence-corrected chi connectivity index (χ4v) is 5.36. The zero-order valence-corrected chi connectivity index (χ0v) is 27.4. The first-order chi connectivity index (χ1) is 24.8. The molecule has 8 nitrogen and oxygen atoms in total. The van der Waals surface area contributed by atoms with Crippen LogP contribution in [0.5, 0.6) is 5.88 Å². The van der Waals surface area contributed by atoms with E-state index in [0.29, 0.717) is 24.2 Å². The van der Waals surface area contributed by atoms with Gasteiger partial charge in [-0.25, -0.2) is 14.4 Å². The van der Waals surface area contributed by atoms with E-state index < -0.39 is 13.2 Å². The number of pyridine rings is 1. The summed E-state index contributed by atoms with van der Waals surface area (Å²) in [5, 5.41) is 0. The number of alkyl halides is 2. The molecule has 48 heavy (non-hydrogen) atoms. The van der Waals surface area contributed by atoms with Gasteiger partial charge in [0.1, 0.15) is 19.1 Å². The predicted octanol–water partition coefficient (Wildman–Crippen LogP) is 7.65. The molecule has 254 valence electrons. The minimum absolute atomic E-state index is 0.0154. The number of halogens is 2. The maximum absolute atomic E-state index is 12.5. The molecule has 0 radical (unpaired) electrons. The topological polar surface area (TPSA) is 74.0 Å². The van der Waals surface area contributed by atoms with E-state index in [4.69, 9.17) is 18.3 Å². The number of rotatable bonds is 15. The second kappa shape index (κ2) is 18.8. The lowest BCUT2D eigenvalue weighted by atomic mass is 9.94. The number of benzene rings is 2. The highest BCUT2D eigenvalue weighted by molar-refractivity contribution is 5.79. The molecule has 2 aromatic carbocycles. The molecule has 0 unspecified atom stereocenters. The van der Waals surface area contributed by atoms with E-state index in [1.165, 1.54) is 5.56 Å². The van der Waals surface area contributed by atoms with Gasteiger partial charge in [0, 0.05) is 31.5 Å². The first-order valence-corrected chi connectivity index (χ1v) is 16.5. The third-order valence-corrected chi connectivity index (χ3v) is 8.11. The van der Waals surface area contributed by atoms with E-state index >= 15 is 0 Å². The highest BCUT2D eigenvalue weighted by atomic mass is 19.1. The van der Waals surface area contributed by atoms with Crippen molar-refractivity contribution in [1.29, 1.82) is 0 Å². The number of nitrogens with zero attached hydrogens (tertiary/aromatic N) is 5. The van der Waals surface area contributed by atoms with Gasteiger partial charge in [-0.3, -0.25) is 8.79 Å². The summed E-state index contributed by atoms with van der Waals surface area (Å²) in [4.78, 5) is 15.6. The van der Waals surface area contributed by atoms with E-state index in [9.17, 15) is 8.78 Å². The van der Waals surface area contributed by atoms with Crippen molar-refractivity contribution in [3.8, 4) is 5.88 Å². The molecule has 1 fully saturated rings. The molecule has 1 aliphatic heterocycles. The van der Waals surface area contributed by atoms with E-state index in [2.05, 4.69) is 51.0 Å². The molecule has 1 saturated heterocycles. The van der Waals surface area contributed by atoms with Gasteiger partial charge in [-0.1, -0.05) is 55.5 Å². The van der Waals surface area contributed by atoms with Crippen molar-refractivity contribution >= 4 is 34.8 Å². The van der Waals surface area contributed by atoms with Crippen molar-refractivity contribution < 1.29 is 27.1 Å². The molecule has 0 atom stereocenters. The third-order valence-electron chi connectivity index (χ3n) is 8.11. The Hall–Kier alpha value is -4.41. The number of hydrogen-bond donors (Lipinski definition) is 0. The van der Waals surface area contributed by atoms with Crippen molar-refractivity contribution in [2.24, 2.45) is 5.92 Å². The molecule has 3 aromatic heterocycles. The summed E-state index contributed by atoms with van der Waals surface area (Å²) in [5.74, 6) is 2.27. The number of imidazole rings is 1. The maximum Gasteiger partial charge on any atom is 0.236 e. The Morgan fingerprint density at radius 3 is 2.40 bits per heavy atom. The van der Waals surface area contributed by atoms with Gasteiger partial charge in [-0.05, 0) is 72.6 Å². The van der Waals surface area contributed by atoms with Crippen molar-refractivity contribution in [3.63, 3.8) is 0 Å². The Morgan fingerprint density at radius 1 is 0.896 bits per heavy atom. The average molecular weight is 664 g/mol. The van der Waals surface area contributed by atoms with Gasteiger partial charge in [0.15, 0.2) is 0 Å². The molecule has 6 rings (SSSR count). The lowest BCUT2D eigenvalue weighted by Crippen LogP contribution is -2.34. The number of aromatic nitrogens is 4. The number of piperidine rings is 1.